The molecule has 1 aromatic rings. The molecule has 0 saturated carbocycles. The van der Waals surface area contributed by atoms with Crippen LogP contribution in [0.4, 0.5) is 0 Å². The van der Waals surface area contributed by atoms with Gasteiger partial charge in [0.15, 0.2) is 0 Å². The Balaban J connectivity index is 2.88. The van der Waals surface area contributed by atoms with Crippen LogP contribution in [0.25, 0.3) is 0 Å². The summed E-state index contributed by atoms with van der Waals surface area (Å²) in [5.74, 6) is 0. The standard InChI is InChI=1S/C8H15N3/c1-3-8-7(4-5-9)6(2)10-11-8/h3-5,9H2,1-2H3,(H,10,11). The maximum atomic E-state index is 5.47. The van der Waals surface area contributed by atoms with E-state index >= 15 is 0 Å². The monoisotopic (exact) mass is 153 g/mol. The van der Waals surface area contributed by atoms with Gasteiger partial charge >= 0.3 is 0 Å². The molecule has 0 atom stereocenters. The number of aryl methyl sites for hydroxylation is 2. The maximum absolute atomic E-state index is 5.47. The first-order chi connectivity index (χ1) is 5.29. The van der Waals surface area contributed by atoms with Crippen LogP contribution in [0.3, 0.4) is 0 Å². The van der Waals surface area contributed by atoms with Gasteiger partial charge in [-0.05, 0) is 31.9 Å². The molecule has 3 heteroatoms. The Morgan fingerprint density at radius 2 is 2.27 bits per heavy atom. The number of hydrogen-bond acceptors (Lipinski definition) is 2. The van der Waals surface area contributed by atoms with E-state index in [9.17, 15) is 0 Å². The fourth-order valence-corrected chi connectivity index (χ4v) is 1.27. The topological polar surface area (TPSA) is 54.7 Å². The van der Waals surface area contributed by atoms with Crippen LogP contribution in [0, 0.1) is 6.92 Å². The number of nitrogens with one attached hydrogen (secondary N) is 1. The molecule has 0 aliphatic heterocycles. The highest BCUT2D eigenvalue weighted by molar-refractivity contribution is 5.24. The molecule has 0 unspecified atom stereocenters. The fourth-order valence-electron chi connectivity index (χ4n) is 1.27. The first-order valence-electron chi connectivity index (χ1n) is 4.02. The third kappa shape index (κ3) is 1.60. The molecule has 0 aliphatic rings. The lowest BCUT2D eigenvalue weighted by molar-refractivity contribution is 0.920. The van der Waals surface area contributed by atoms with Crippen LogP contribution in [0.1, 0.15) is 23.9 Å². The van der Waals surface area contributed by atoms with Crippen molar-refractivity contribution >= 4 is 0 Å². The molecule has 0 aliphatic carbocycles. The van der Waals surface area contributed by atoms with Gasteiger partial charge in [0, 0.05) is 5.69 Å². The number of aromatic amines is 1. The zero-order valence-electron chi connectivity index (χ0n) is 7.15. The minimum atomic E-state index is 0.702. The van der Waals surface area contributed by atoms with Crippen molar-refractivity contribution in [2.24, 2.45) is 5.73 Å². The highest BCUT2D eigenvalue weighted by Crippen LogP contribution is 2.10. The van der Waals surface area contributed by atoms with Gasteiger partial charge < -0.3 is 5.73 Å². The van der Waals surface area contributed by atoms with Gasteiger partial charge in [-0.25, -0.2) is 0 Å². The Bertz CT molecular complexity index is 227. The quantitative estimate of drug-likeness (QED) is 0.674. The third-order valence-corrected chi connectivity index (χ3v) is 1.89. The van der Waals surface area contributed by atoms with Crippen molar-refractivity contribution in [2.45, 2.75) is 26.7 Å². The average Bonchev–Trinajstić information content (AvgIpc) is 2.34. The van der Waals surface area contributed by atoms with Gasteiger partial charge in [-0.2, -0.15) is 5.10 Å². The second-order valence-corrected chi connectivity index (χ2v) is 2.67. The zero-order chi connectivity index (χ0) is 8.27. The average molecular weight is 153 g/mol. The molecule has 0 amide bonds. The van der Waals surface area contributed by atoms with Crippen molar-refractivity contribution in [1.29, 1.82) is 0 Å². The summed E-state index contributed by atoms with van der Waals surface area (Å²) >= 11 is 0. The van der Waals surface area contributed by atoms with Crippen LogP contribution < -0.4 is 5.73 Å². The van der Waals surface area contributed by atoms with E-state index in [1.165, 1.54) is 5.56 Å². The van der Waals surface area contributed by atoms with Crippen molar-refractivity contribution in [3.63, 3.8) is 0 Å². The van der Waals surface area contributed by atoms with Gasteiger partial charge in [-0.1, -0.05) is 6.92 Å². The maximum Gasteiger partial charge on any atom is 0.0654 e. The fraction of sp³-hybridized carbons (Fsp3) is 0.625. The third-order valence-electron chi connectivity index (χ3n) is 1.89. The van der Waals surface area contributed by atoms with E-state index in [2.05, 4.69) is 17.1 Å². The largest absolute Gasteiger partial charge is 0.330 e. The molecule has 1 heterocycles. The van der Waals surface area contributed by atoms with Crippen molar-refractivity contribution in [1.82, 2.24) is 10.2 Å². The second kappa shape index (κ2) is 3.53. The van der Waals surface area contributed by atoms with Crippen molar-refractivity contribution in [2.75, 3.05) is 6.54 Å². The predicted molar refractivity (Wildman–Crippen MR) is 45.5 cm³/mol. The van der Waals surface area contributed by atoms with E-state index in [0.717, 1.165) is 24.2 Å². The normalized spacial score (nSPS) is 10.5. The summed E-state index contributed by atoms with van der Waals surface area (Å²) in [6, 6.07) is 0. The molecule has 0 fully saturated rings. The molecule has 0 radical (unpaired) electrons. The summed E-state index contributed by atoms with van der Waals surface area (Å²) in [5, 5.41) is 7.14. The van der Waals surface area contributed by atoms with Gasteiger partial charge in [-0.15, -0.1) is 0 Å². The van der Waals surface area contributed by atoms with Gasteiger partial charge in [0.2, 0.25) is 0 Å². The molecule has 1 aromatic heterocycles. The van der Waals surface area contributed by atoms with Crippen LogP contribution in [0.2, 0.25) is 0 Å². The molecule has 0 spiro atoms. The van der Waals surface area contributed by atoms with Crippen LogP contribution in [0.15, 0.2) is 0 Å². The van der Waals surface area contributed by atoms with Crippen molar-refractivity contribution < 1.29 is 0 Å². The van der Waals surface area contributed by atoms with E-state index in [4.69, 9.17) is 5.73 Å². The lowest BCUT2D eigenvalue weighted by Gasteiger charge is -1.97. The molecule has 3 nitrogen and oxygen atoms in total. The second-order valence-electron chi connectivity index (χ2n) is 2.67. The summed E-state index contributed by atoms with van der Waals surface area (Å²) in [4.78, 5) is 0. The Morgan fingerprint density at radius 3 is 2.82 bits per heavy atom. The first kappa shape index (κ1) is 8.27. The Hall–Kier alpha value is -0.830. The molecule has 0 bridgehead atoms. The van der Waals surface area contributed by atoms with Gasteiger partial charge in [0.05, 0.1) is 5.69 Å². The SMILES string of the molecule is CCc1n[nH]c(C)c1CCN. The number of hydrogen-bond donors (Lipinski definition) is 2. The number of nitrogens with two attached hydrogens (primary N) is 1. The van der Waals surface area contributed by atoms with Crippen molar-refractivity contribution in [3.05, 3.63) is 17.0 Å². The number of aromatic nitrogens is 2. The van der Waals surface area contributed by atoms with Gasteiger partial charge in [-0.3, -0.25) is 5.10 Å². The van der Waals surface area contributed by atoms with Gasteiger partial charge in [0.1, 0.15) is 0 Å². The smallest absolute Gasteiger partial charge is 0.0654 e. The minimum absolute atomic E-state index is 0.702. The van der Waals surface area contributed by atoms with E-state index in [-0.39, 0.29) is 0 Å². The lowest BCUT2D eigenvalue weighted by atomic mass is 10.1. The molecule has 3 N–H and O–H groups in total. The molecule has 0 saturated heterocycles. The summed E-state index contributed by atoms with van der Waals surface area (Å²) < 4.78 is 0. The van der Waals surface area contributed by atoms with E-state index in [0.29, 0.717) is 6.54 Å². The zero-order valence-corrected chi connectivity index (χ0v) is 7.15. The number of H-pyrrole nitrogens is 1. The highest BCUT2D eigenvalue weighted by atomic mass is 15.1. The summed E-state index contributed by atoms with van der Waals surface area (Å²) in [6.07, 6.45) is 1.92. The van der Waals surface area contributed by atoms with Crippen molar-refractivity contribution in [3.8, 4) is 0 Å². The molecule has 1 rings (SSSR count). The summed E-state index contributed by atoms with van der Waals surface area (Å²) in [6.45, 7) is 4.85. The minimum Gasteiger partial charge on any atom is -0.330 e. The number of rotatable bonds is 3. The Morgan fingerprint density at radius 1 is 1.55 bits per heavy atom. The van der Waals surface area contributed by atoms with Crippen LogP contribution in [0.5, 0.6) is 0 Å². The van der Waals surface area contributed by atoms with E-state index in [1.807, 2.05) is 6.92 Å². The Labute approximate surface area is 67.0 Å². The molecular weight excluding hydrogens is 138 g/mol. The van der Waals surface area contributed by atoms with E-state index < -0.39 is 0 Å². The molecule has 62 valence electrons. The number of nitrogens with zero attached hydrogens (tertiary/aromatic N) is 1. The Kier molecular flexibility index (Phi) is 2.65. The van der Waals surface area contributed by atoms with Crippen LogP contribution in [-0.2, 0) is 12.8 Å². The van der Waals surface area contributed by atoms with Gasteiger partial charge in [0.25, 0.3) is 0 Å². The molecule has 0 aromatic carbocycles. The molecule has 11 heavy (non-hydrogen) atoms. The van der Waals surface area contributed by atoms with Crippen LogP contribution >= 0.6 is 0 Å². The van der Waals surface area contributed by atoms with E-state index in [1.54, 1.807) is 0 Å². The summed E-state index contributed by atoms with van der Waals surface area (Å²) in [7, 11) is 0. The summed E-state index contributed by atoms with van der Waals surface area (Å²) in [5.41, 5.74) is 9.09. The lowest BCUT2D eigenvalue weighted by Crippen LogP contribution is -2.04. The highest BCUT2D eigenvalue weighted by Gasteiger charge is 2.06. The predicted octanol–water partition coefficient (Wildman–Crippen LogP) is 0.782. The van der Waals surface area contributed by atoms with Crippen LogP contribution in [-0.4, -0.2) is 16.7 Å². The first-order valence-corrected chi connectivity index (χ1v) is 4.02. The molecular formula is C8H15N3.